The summed E-state index contributed by atoms with van der Waals surface area (Å²) in [5.41, 5.74) is 7.43. The second-order valence-corrected chi connectivity index (χ2v) is 5.67. The second kappa shape index (κ2) is 5.48. The van der Waals surface area contributed by atoms with Crippen LogP contribution in [0.2, 0.25) is 0 Å². The summed E-state index contributed by atoms with van der Waals surface area (Å²) in [5, 5.41) is 12.7. The Kier molecular flexibility index (Phi) is 3.65. The van der Waals surface area contributed by atoms with Crippen LogP contribution < -0.4 is 11.1 Å². The molecule has 1 amide bonds. The number of carbonyl (C=O) groups excluding carboxylic acids is 1. The third-order valence-electron chi connectivity index (χ3n) is 3.55. The van der Waals surface area contributed by atoms with E-state index in [-0.39, 0.29) is 0 Å². The highest BCUT2D eigenvalue weighted by molar-refractivity contribution is 7.98. The molecule has 2 aromatic heterocycles. The molecule has 116 valence electrons. The van der Waals surface area contributed by atoms with E-state index < -0.39 is 11.9 Å². The number of nitrogens with one attached hydrogen (secondary N) is 1. The molecule has 3 N–H and O–H groups in total. The maximum absolute atomic E-state index is 11.9. The molecule has 0 aromatic carbocycles. The Morgan fingerprint density at radius 3 is 2.86 bits per heavy atom. The fraction of sp³-hybridized carbons (Fsp3) is 0.385. The normalized spacial score (nSPS) is 17.3. The summed E-state index contributed by atoms with van der Waals surface area (Å²) in [7, 11) is 0. The molecule has 1 unspecified atom stereocenters. The Labute approximate surface area is 131 Å². The summed E-state index contributed by atoms with van der Waals surface area (Å²) < 4.78 is 3.47. The number of rotatable bonds is 4. The first-order chi connectivity index (χ1) is 10.5. The van der Waals surface area contributed by atoms with Crippen LogP contribution in [0.5, 0.6) is 0 Å². The van der Waals surface area contributed by atoms with E-state index in [4.69, 9.17) is 5.73 Å². The molecule has 2 aromatic rings. The van der Waals surface area contributed by atoms with Crippen LogP contribution in [0.15, 0.2) is 28.7 Å². The molecule has 0 aliphatic carbocycles. The largest absolute Gasteiger partial charge is 0.366 e. The molecule has 22 heavy (non-hydrogen) atoms. The molecule has 0 spiro atoms. The number of nitrogens with two attached hydrogens (primary N) is 1. The van der Waals surface area contributed by atoms with Gasteiger partial charge in [-0.2, -0.15) is 10.1 Å². The van der Waals surface area contributed by atoms with Crippen LogP contribution in [-0.2, 0) is 11.3 Å². The lowest BCUT2D eigenvalue weighted by atomic mass is 10.00. The number of nitrogens with zero attached hydrogens (tertiary/aromatic N) is 5. The first-order valence-corrected chi connectivity index (χ1v) is 8.09. The predicted molar refractivity (Wildman–Crippen MR) is 83.4 cm³/mol. The Bertz CT molecular complexity index is 760. The summed E-state index contributed by atoms with van der Waals surface area (Å²) >= 11 is 1.44. The van der Waals surface area contributed by atoms with Crippen molar-refractivity contribution in [2.45, 2.75) is 31.6 Å². The molecule has 0 saturated heterocycles. The van der Waals surface area contributed by atoms with E-state index in [1.54, 1.807) is 16.3 Å². The lowest BCUT2D eigenvalue weighted by molar-refractivity contribution is -0.115. The van der Waals surface area contributed by atoms with E-state index in [9.17, 15) is 4.79 Å². The van der Waals surface area contributed by atoms with Crippen molar-refractivity contribution in [3.05, 3.63) is 29.2 Å². The van der Waals surface area contributed by atoms with Gasteiger partial charge in [0, 0.05) is 18.4 Å². The van der Waals surface area contributed by atoms with Crippen molar-refractivity contribution in [2.75, 3.05) is 11.6 Å². The van der Waals surface area contributed by atoms with Gasteiger partial charge in [-0.1, -0.05) is 11.8 Å². The summed E-state index contributed by atoms with van der Waals surface area (Å²) in [6, 6.07) is 1.41. The first kappa shape index (κ1) is 14.6. The molecular formula is C13H17N7OS. The van der Waals surface area contributed by atoms with Crippen molar-refractivity contribution in [3.8, 4) is 0 Å². The minimum atomic E-state index is -0.493. The van der Waals surface area contributed by atoms with Gasteiger partial charge in [-0.25, -0.2) is 4.68 Å². The fourth-order valence-electron chi connectivity index (χ4n) is 2.51. The average Bonchev–Trinajstić information content (AvgIpc) is 3.11. The first-order valence-electron chi connectivity index (χ1n) is 6.86. The van der Waals surface area contributed by atoms with Crippen LogP contribution in [0.3, 0.4) is 0 Å². The van der Waals surface area contributed by atoms with Gasteiger partial charge in [0.1, 0.15) is 6.04 Å². The molecule has 9 heteroatoms. The number of amides is 1. The molecule has 0 saturated carbocycles. The van der Waals surface area contributed by atoms with Gasteiger partial charge in [0.2, 0.25) is 17.0 Å². The van der Waals surface area contributed by atoms with E-state index in [0.717, 1.165) is 12.2 Å². The van der Waals surface area contributed by atoms with Crippen molar-refractivity contribution in [3.63, 3.8) is 0 Å². The van der Waals surface area contributed by atoms with Gasteiger partial charge in [0.05, 0.1) is 11.3 Å². The molecular weight excluding hydrogens is 302 g/mol. The summed E-state index contributed by atoms with van der Waals surface area (Å²) in [6.07, 6.45) is 3.77. The predicted octanol–water partition coefficient (Wildman–Crippen LogP) is 0.991. The summed E-state index contributed by atoms with van der Waals surface area (Å²) in [5.74, 6) is 0.0933. The lowest BCUT2D eigenvalue weighted by Crippen LogP contribution is -2.32. The van der Waals surface area contributed by atoms with Gasteiger partial charge in [-0.15, -0.1) is 5.10 Å². The summed E-state index contributed by atoms with van der Waals surface area (Å²) in [4.78, 5) is 16.3. The van der Waals surface area contributed by atoms with E-state index >= 15 is 0 Å². The van der Waals surface area contributed by atoms with Gasteiger partial charge in [-0.05, 0) is 26.2 Å². The van der Waals surface area contributed by atoms with Gasteiger partial charge in [-0.3, -0.25) is 9.48 Å². The number of allylic oxidation sites excluding steroid dienone is 1. The van der Waals surface area contributed by atoms with Crippen molar-refractivity contribution < 1.29 is 4.79 Å². The van der Waals surface area contributed by atoms with Crippen molar-refractivity contribution >= 4 is 23.6 Å². The maximum Gasteiger partial charge on any atom is 0.248 e. The molecule has 0 radical (unpaired) electrons. The highest BCUT2D eigenvalue weighted by Crippen LogP contribution is 2.34. The number of hydrogen-bond acceptors (Lipinski definition) is 6. The summed E-state index contributed by atoms with van der Waals surface area (Å²) in [6.45, 7) is 4.56. The van der Waals surface area contributed by atoms with Gasteiger partial charge in [0.25, 0.3) is 0 Å². The SMILES string of the molecule is CCn1ccc(C2C(C(N)=O)=C(C)Nc3nc(SC)nn32)n1. The van der Waals surface area contributed by atoms with Crippen LogP contribution in [0, 0.1) is 0 Å². The molecule has 3 heterocycles. The van der Waals surface area contributed by atoms with Crippen LogP contribution in [-0.4, -0.2) is 36.7 Å². The molecule has 1 aliphatic heterocycles. The number of carbonyl (C=O) groups is 1. The maximum atomic E-state index is 11.9. The number of aromatic nitrogens is 5. The number of primary amides is 1. The molecule has 8 nitrogen and oxygen atoms in total. The minimum absolute atomic E-state index is 0.450. The fourth-order valence-corrected chi connectivity index (χ4v) is 2.86. The monoisotopic (exact) mass is 319 g/mol. The molecule has 1 atom stereocenters. The number of thioether (sulfide) groups is 1. The second-order valence-electron chi connectivity index (χ2n) is 4.89. The highest BCUT2D eigenvalue weighted by atomic mass is 32.2. The lowest BCUT2D eigenvalue weighted by Gasteiger charge is -2.26. The van der Waals surface area contributed by atoms with Crippen molar-refractivity contribution in [1.82, 2.24) is 24.5 Å². The molecule has 1 aliphatic rings. The Balaban J connectivity index is 2.17. The van der Waals surface area contributed by atoms with Crippen LogP contribution >= 0.6 is 11.8 Å². The van der Waals surface area contributed by atoms with E-state index in [2.05, 4.69) is 20.5 Å². The smallest absolute Gasteiger partial charge is 0.248 e. The standard InChI is InChI=1S/C13H17N7OS/c1-4-19-6-5-8(17-19)10-9(11(14)21)7(2)15-12-16-13(22-3)18-20(10)12/h5-6,10H,4H2,1-3H3,(H2,14,21)(H,15,16,18). The Hall–Kier alpha value is -2.29. The molecule has 0 fully saturated rings. The van der Waals surface area contributed by atoms with Crippen molar-refractivity contribution in [2.24, 2.45) is 5.73 Å². The van der Waals surface area contributed by atoms with Crippen LogP contribution in [0.4, 0.5) is 5.95 Å². The zero-order valence-electron chi connectivity index (χ0n) is 12.6. The van der Waals surface area contributed by atoms with Crippen LogP contribution in [0.25, 0.3) is 0 Å². The zero-order valence-corrected chi connectivity index (χ0v) is 13.4. The number of aryl methyl sites for hydroxylation is 1. The van der Waals surface area contributed by atoms with Crippen LogP contribution in [0.1, 0.15) is 25.6 Å². The molecule has 0 bridgehead atoms. The van der Waals surface area contributed by atoms with E-state index in [0.29, 0.717) is 22.4 Å². The average molecular weight is 319 g/mol. The van der Waals surface area contributed by atoms with Gasteiger partial charge >= 0.3 is 0 Å². The Morgan fingerprint density at radius 1 is 1.50 bits per heavy atom. The molecule has 3 rings (SSSR count). The van der Waals surface area contributed by atoms with Gasteiger partial charge in [0.15, 0.2) is 0 Å². The Morgan fingerprint density at radius 2 is 2.27 bits per heavy atom. The number of anilines is 1. The highest BCUT2D eigenvalue weighted by Gasteiger charge is 2.34. The minimum Gasteiger partial charge on any atom is -0.366 e. The van der Waals surface area contributed by atoms with Gasteiger partial charge < -0.3 is 11.1 Å². The number of hydrogen-bond donors (Lipinski definition) is 2. The third-order valence-corrected chi connectivity index (χ3v) is 4.08. The van der Waals surface area contributed by atoms with E-state index in [1.165, 1.54) is 11.8 Å². The van der Waals surface area contributed by atoms with E-state index in [1.807, 2.05) is 25.4 Å². The quantitative estimate of drug-likeness (QED) is 0.815. The topological polar surface area (TPSA) is 104 Å². The third kappa shape index (κ3) is 2.27. The van der Waals surface area contributed by atoms with Crippen molar-refractivity contribution in [1.29, 1.82) is 0 Å². The number of fused-ring (bicyclic) bond motifs is 1. The zero-order chi connectivity index (χ0) is 15.9.